The van der Waals surface area contributed by atoms with E-state index in [2.05, 4.69) is 31.3 Å². The molecule has 7 nitrogen and oxygen atoms in total. The van der Waals surface area contributed by atoms with Crippen LogP contribution in [0.1, 0.15) is 16.2 Å². The smallest absolute Gasteiger partial charge is 0.378 e. The highest BCUT2D eigenvalue weighted by Gasteiger charge is 2.21. The zero-order valence-electron chi connectivity index (χ0n) is 16.4. The molecule has 1 N–H and O–H groups in total. The molecule has 2 aromatic heterocycles. The third-order valence-corrected chi connectivity index (χ3v) is 5.79. The van der Waals surface area contributed by atoms with Crippen LogP contribution in [-0.2, 0) is 9.53 Å². The number of benzene rings is 2. The summed E-state index contributed by atoms with van der Waals surface area (Å²) in [6.45, 7) is 1.50. The van der Waals surface area contributed by atoms with Crippen LogP contribution in [0.5, 0.6) is 0 Å². The Morgan fingerprint density at radius 3 is 2.65 bits per heavy atom. The molecule has 156 valence electrons. The second-order valence-corrected chi connectivity index (χ2v) is 8.39. The number of amides is 1. The van der Waals surface area contributed by atoms with Gasteiger partial charge in [-0.25, -0.2) is 9.48 Å². The van der Waals surface area contributed by atoms with Gasteiger partial charge < -0.3 is 10.1 Å². The van der Waals surface area contributed by atoms with Crippen molar-refractivity contribution in [3.8, 4) is 16.4 Å². The molecule has 0 atom stereocenters. The average molecular weight is 497 g/mol. The van der Waals surface area contributed by atoms with Crippen LogP contribution < -0.4 is 5.32 Å². The number of esters is 1. The van der Waals surface area contributed by atoms with E-state index in [9.17, 15) is 9.59 Å². The fraction of sp³-hybridized carbons (Fsp3) is 0.0909. The first kappa shape index (κ1) is 21.0. The lowest BCUT2D eigenvalue weighted by atomic mass is 10.2. The molecule has 0 saturated carbocycles. The maximum atomic E-state index is 12.5. The van der Waals surface area contributed by atoms with Gasteiger partial charge in [0.1, 0.15) is 0 Å². The predicted octanol–water partition coefficient (Wildman–Crippen LogP) is 4.86. The van der Waals surface area contributed by atoms with Crippen molar-refractivity contribution in [2.45, 2.75) is 6.92 Å². The summed E-state index contributed by atoms with van der Waals surface area (Å²) in [5.41, 5.74) is 2.41. The first-order valence-electron chi connectivity index (χ1n) is 9.31. The van der Waals surface area contributed by atoms with Crippen LogP contribution in [0.15, 0.2) is 70.5 Å². The van der Waals surface area contributed by atoms with E-state index in [0.717, 1.165) is 20.6 Å². The van der Waals surface area contributed by atoms with Gasteiger partial charge in [0.2, 0.25) is 0 Å². The van der Waals surface area contributed by atoms with Gasteiger partial charge in [-0.2, -0.15) is 4.98 Å². The molecule has 0 bridgehead atoms. The minimum absolute atomic E-state index is 0.114. The predicted molar refractivity (Wildman–Crippen MR) is 122 cm³/mol. The highest BCUT2D eigenvalue weighted by atomic mass is 79.9. The van der Waals surface area contributed by atoms with E-state index in [1.165, 1.54) is 11.3 Å². The Morgan fingerprint density at radius 2 is 1.94 bits per heavy atom. The van der Waals surface area contributed by atoms with Gasteiger partial charge in [0.25, 0.3) is 11.7 Å². The van der Waals surface area contributed by atoms with Crippen molar-refractivity contribution in [3.63, 3.8) is 0 Å². The molecule has 0 radical (unpaired) electrons. The molecule has 4 aromatic rings. The number of rotatable bonds is 6. The lowest BCUT2D eigenvalue weighted by Gasteiger charge is -2.08. The van der Waals surface area contributed by atoms with E-state index in [-0.39, 0.29) is 5.82 Å². The maximum absolute atomic E-state index is 12.5. The molecule has 0 aliphatic heterocycles. The molecule has 31 heavy (non-hydrogen) atoms. The molecule has 0 saturated heterocycles. The summed E-state index contributed by atoms with van der Waals surface area (Å²) in [7, 11) is 0. The molecule has 0 aliphatic rings. The van der Waals surface area contributed by atoms with Crippen LogP contribution in [0.4, 0.5) is 5.69 Å². The van der Waals surface area contributed by atoms with Crippen molar-refractivity contribution >= 4 is 44.8 Å². The number of nitrogens with zero attached hydrogens (tertiary/aromatic N) is 3. The topological polar surface area (TPSA) is 86.1 Å². The number of anilines is 1. The number of ether oxygens (including phenoxy) is 1. The van der Waals surface area contributed by atoms with Crippen molar-refractivity contribution in [1.82, 2.24) is 14.8 Å². The largest absolute Gasteiger partial charge is 0.450 e. The molecule has 2 heterocycles. The summed E-state index contributed by atoms with van der Waals surface area (Å²) in [5.74, 6) is -0.817. The van der Waals surface area contributed by atoms with Gasteiger partial charge >= 0.3 is 5.97 Å². The van der Waals surface area contributed by atoms with E-state index in [0.29, 0.717) is 11.5 Å². The zero-order valence-corrected chi connectivity index (χ0v) is 18.8. The van der Waals surface area contributed by atoms with Gasteiger partial charge in [-0.15, -0.1) is 16.4 Å². The van der Waals surface area contributed by atoms with Gasteiger partial charge in [0, 0.05) is 4.47 Å². The zero-order chi connectivity index (χ0) is 21.8. The van der Waals surface area contributed by atoms with E-state index >= 15 is 0 Å². The molecule has 9 heteroatoms. The summed E-state index contributed by atoms with van der Waals surface area (Å²) >= 11 is 4.89. The number of carbonyl (C=O) groups excluding carboxylic acids is 2. The highest BCUT2D eigenvalue weighted by molar-refractivity contribution is 9.10. The van der Waals surface area contributed by atoms with Gasteiger partial charge in [0.15, 0.2) is 12.4 Å². The fourth-order valence-electron chi connectivity index (χ4n) is 2.82. The van der Waals surface area contributed by atoms with Gasteiger partial charge in [-0.3, -0.25) is 4.79 Å². The van der Waals surface area contributed by atoms with Crippen molar-refractivity contribution in [3.05, 3.63) is 81.9 Å². The van der Waals surface area contributed by atoms with Crippen molar-refractivity contribution in [2.75, 3.05) is 11.9 Å². The molecule has 0 unspecified atom stereocenters. The van der Waals surface area contributed by atoms with E-state index in [1.54, 1.807) is 10.7 Å². The molecule has 0 fully saturated rings. The number of hydrogen-bond donors (Lipinski definition) is 1. The summed E-state index contributed by atoms with van der Waals surface area (Å²) in [4.78, 5) is 30.0. The van der Waals surface area contributed by atoms with Gasteiger partial charge in [-0.05, 0) is 64.1 Å². The quantitative estimate of drug-likeness (QED) is 0.385. The van der Waals surface area contributed by atoms with Crippen molar-refractivity contribution < 1.29 is 14.3 Å². The molecular formula is C22H17BrN4O3S. The van der Waals surface area contributed by atoms with Crippen molar-refractivity contribution in [2.24, 2.45) is 0 Å². The summed E-state index contributed by atoms with van der Waals surface area (Å²) in [5, 5.41) is 8.94. The summed E-state index contributed by atoms with van der Waals surface area (Å²) in [6.07, 6.45) is 0. The average Bonchev–Trinajstić information content (AvgIpc) is 3.44. The lowest BCUT2D eigenvalue weighted by molar-refractivity contribution is -0.119. The minimum atomic E-state index is -0.773. The SMILES string of the molecule is Cc1ccc(NC(=O)COC(=O)c2nc(-c3cccs3)n(-c3ccccc3)n2)c(Br)c1. The van der Waals surface area contributed by atoms with Crippen LogP contribution >= 0.6 is 27.3 Å². The molecule has 0 spiro atoms. The number of hydrogen-bond acceptors (Lipinski definition) is 6. The third-order valence-electron chi connectivity index (χ3n) is 4.27. The Balaban J connectivity index is 1.49. The Bertz CT molecular complexity index is 1220. The molecular weight excluding hydrogens is 480 g/mol. The molecule has 0 aliphatic carbocycles. The second-order valence-electron chi connectivity index (χ2n) is 6.59. The van der Waals surface area contributed by atoms with Crippen LogP contribution in [0, 0.1) is 6.92 Å². The lowest BCUT2D eigenvalue weighted by Crippen LogP contribution is -2.21. The maximum Gasteiger partial charge on any atom is 0.378 e. The van der Waals surface area contributed by atoms with E-state index in [4.69, 9.17) is 4.74 Å². The van der Waals surface area contributed by atoms with E-state index in [1.807, 2.05) is 66.9 Å². The third kappa shape index (κ3) is 4.89. The van der Waals surface area contributed by atoms with Crippen LogP contribution in [0.3, 0.4) is 0 Å². The number of aromatic nitrogens is 3. The van der Waals surface area contributed by atoms with Crippen LogP contribution in [0.2, 0.25) is 0 Å². The first-order valence-corrected chi connectivity index (χ1v) is 11.0. The standard InChI is InChI=1S/C22H17BrN4O3S/c1-14-9-10-17(16(23)12-14)24-19(28)13-30-22(29)20-25-21(18-8-5-11-31-18)27(26-20)15-6-3-2-4-7-15/h2-12H,13H2,1H3,(H,24,28). The van der Waals surface area contributed by atoms with Gasteiger partial charge in [0.05, 0.1) is 16.3 Å². The first-order chi connectivity index (χ1) is 15.0. The number of carbonyl (C=O) groups is 2. The number of halogens is 1. The number of para-hydroxylation sites is 1. The van der Waals surface area contributed by atoms with Crippen LogP contribution in [0.25, 0.3) is 16.4 Å². The van der Waals surface area contributed by atoms with Gasteiger partial charge in [-0.1, -0.05) is 30.3 Å². The second kappa shape index (κ2) is 9.23. The van der Waals surface area contributed by atoms with E-state index < -0.39 is 18.5 Å². The Labute approximate surface area is 190 Å². The van der Waals surface area contributed by atoms with Crippen molar-refractivity contribution in [1.29, 1.82) is 0 Å². The number of nitrogens with one attached hydrogen (secondary N) is 1. The Hall–Kier alpha value is -3.30. The normalized spacial score (nSPS) is 10.6. The Kier molecular flexibility index (Phi) is 6.24. The highest BCUT2D eigenvalue weighted by Crippen LogP contribution is 2.26. The number of aryl methyl sites for hydroxylation is 1. The minimum Gasteiger partial charge on any atom is -0.450 e. The summed E-state index contributed by atoms with van der Waals surface area (Å²) in [6, 6.07) is 18.7. The monoisotopic (exact) mass is 496 g/mol. The molecule has 2 aromatic carbocycles. The number of thiophene rings is 1. The summed E-state index contributed by atoms with van der Waals surface area (Å²) < 4.78 is 7.48. The molecule has 1 amide bonds. The fourth-order valence-corrected chi connectivity index (χ4v) is 4.11. The molecule has 4 rings (SSSR count). The van der Waals surface area contributed by atoms with Crippen LogP contribution in [-0.4, -0.2) is 33.2 Å². The Morgan fingerprint density at radius 1 is 1.13 bits per heavy atom.